The highest BCUT2D eigenvalue weighted by atomic mass is 35.5. The molecule has 0 radical (unpaired) electrons. The summed E-state index contributed by atoms with van der Waals surface area (Å²) in [5.74, 6) is -0.687. The summed E-state index contributed by atoms with van der Waals surface area (Å²) in [5, 5.41) is 7.68. The average molecular weight is 515 g/mol. The molecule has 4 heterocycles. The van der Waals surface area contributed by atoms with Crippen molar-refractivity contribution in [2.45, 2.75) is 13.0 Å². The van der Waals surface area contributed by atoms with Crippen LogP contribution in [0.4, 0.5) is 4.39 Å². The maximum Gasteiger partial charge on any atom is 0.272 e. The Kier molecular flexibility index (Phi) is 6.55. The Balaban J connectivity index is 1.44. The van der Waals surface area contributed by atoms with E-state index in [1.54, 1.807) is 36.5 Å². The Morgan fingerprint density at radius 1 is 1.11 bits per heavy atom. The largest absolute Gasteiger partial charge is 0.388 e. The van der Waals surface area contributed by atoms with E-state index in [4.69, 9.17) is 28.0 Å². The average Bonchev–Trinajstić information content (AvgIpc) is 3.28. The summed E-state index contributed by atoms with van der Waals surface area (Å²) in [7, 11) is 0. The number of pyridine rings is 2. The minimum Gasteiger partial charge on any atom is -0.388 e. The van der Waals surface area contributed by atoms with Gasteiger partial charge in [0.25, 0.3) is 5.91 Å². The maximum absolute atomic E-state index is 14.0. The first-order valence-corrected chi connectivity index (χ1v) is 11.8. The van der Waals surface area contributed by atoms with E-state index in [9.17, 15) is 9.18 Å². The fraction of sp³-hybridized carbons (Fsp3) is 0.250. The number of benzene rings is 1. The fourth-order valence-corrected chi connectivity index (χ4v) is 4.68. The van der Waals surface area contributed by atoms with Crippen LogP contribution in [0.2, 0.25) is 10.0 Å². The van der Waals surface area contributed by atoms with Gasteiger partial charge in [0.05, 0.1) is 11.2 Å². The van der Waals surface area contributed by atoms with Gasteiger partial charge in [-0.2, -0.15) is 0 Å². The molecule has 0 saturated carbocycles. The van der Waals surface area contributed by atoms with Crippen molar-refractivity contribution in [3.63, 3.8) is 0 Å². The molecular formula is C24H21Cl2FN6O2. The van der Waals surface area contributed by atoms with E-state index in [0.717, 1.165) is 24.2 Å². The third-order valence-corrected chi connectivity index (χ3v) is 6.56. The Bertz CT molecular complexity index is 1410. The first-order chi connectivity index (χ1) is 16.9. The van der Waals surface area contributed by atoms with Crippen molar-refractivity contribution in [2.24, 2.45) is 0 Å². The van der Waals surface area contributed by atoms with Gasteiger partial charge in [0, 0.05) is 54.7 Å². The molecule has 0 aliphatic carbocycles. The molecule has 11 heteroatoms. The molecule has 0 spiro atoms. The van der Waals surface area contributed by atoms with E-state index in [0.29, 0.717) is 35.4 Å². The van der Waals surface area contributed by atoms with Gasteiger partial charge in [-0.3, -0.25) is 14.8 Å². The summed E-state index contributed by atoms with van der Waals surface area (Å²) in [6, 6.07) is 8.06. The second-order valence-corrected chi connectivity index (χ2v) is 8.91. The van der Waals surface area contributed by atoms with Crippen LogP contribution in [-0.2, 0) is 0 Å². The van der Waals surface area contributed by atoms with Crippen LogP contribution in [0, 0.1) is 5.82 Å². The van der Waals surface area contributed by atoms with E-state index < -0.39 is 11.9 Å². The minimum absolute atomic E-state index is 0.0984. The monoisotopic (exact) mass is 514 g/mol. The number of aromatic nitrogens is 4. The van der Waals surface area contributed by atoms with Crippen LogP contribution in [0.1, 0.15) is 29.1 Å². The smallest absolute Gasteiger partial charge is 0.272 e. The number of nitrogens with zero attached hydrogens (tertiary/aromatic N) is 5. The predicted molar refractivity (Wildman–Crippen MR) is 131 cm³/mol. The van der Waals surface area contributed by atoms with E-state index in [2.05, 4.69) is 20.4 Å². The number of fused-ring (bicyclic) bond motifs is 1. The van der Waals surface area contributed by atoms with E-state index in [1.165, 1.54) is 17.0 Å². The van der Waals surface area contributed by atoms with Gasteiger partial charge in [-0.1, -0.05) is 28.0 Å². The van der Waals surface area contributed by atoms with Gasteiger partial charge >= 0.3 is 0 Å². The zero-order chi connectivity index (χ0) is 24.5. The molecule has 1 atom stereocenters. The quantitative estimate of drug-likeness (QED) is 0.402. The van der Waals surface area contributed by atoms with Gasteiger partial charge in [-0.15, -0.1) is 5.10 Å². The van der Waals surface area contributed by atoms with Crippen molar-refractivity contribution in [1.29, 1.82) is 0 Å². The number of rotatable bonds is 5. The van der Waals surface area contributed by atoms with E-state index >= 15 is 0 Å². The number of hydrogen-bond acceptors (Lipinski definition) is 6. The normalized spacial score (nSPS) is 14.8. The molecule has 1 aliphatic heterocycles. The number of amides is 1. The number of carbonyl (C=O) groups is 1. The Morgan fingerprint density at radius 2 is 1.91 bits per heavy atom. The van der Waals surface area contributed by atoms with Crippen LogP contribution in [0.15, 0.2) is 48.9 Å². The number of halogens is 3. The van der Waals surface area contributed by atoms with E-state index in [1.807, 2.05) is 12.1 Å². The molecule has 1 unspecified atom stereocenters. The second kappa shape index (κ2) is 9.77. The Morgan fingerprint density at radius 3 is 2.71 bits per heavy atom. The van der Waals surface area contributed by atoms with Crippen molar-refractivity contribution < 1.29 is 14.0 Å². The molecule has 0 bridgehead atoms. The second-order valence-electron chi connectivity index (χ2n) is 8.12. The van der Waals surface area contributed by atoms with Crippen LogP contribution in [0.25, 0.3) is 22.2 Å². The predicted octanol–water partition coefficient (Wildman–Crippen LogP) is 4.17. The molecule has 8 nitrogen and oxygen atoms in total. The van der Waals surface area contributed by atoms with Crippen LogP contribution in [-0.4, -0.2) is 56.9 Å². The Labute approximate surface area is 210 Å². The van der Waals surface area contributed by atoms with Crippen LogP contribution >= 0.6 is 23.2 Å². The number of piperazine rings is 1. The van der Waals surface area contributed by atoms with Crippen LogP contribution < -0.4 is 10.2 Å². The fourth-order valence-electron chi connectivity index (χ4n) is 4.00. The van der Waals surface area contributed by atoms with Gasteiger partial charge in [-0.25, -0.2) is 4.39 Å². The van der Waals surface area contributed by atoms with Crippen molar-refractivity contribution in [1.82, 2.24) is 30.1 Å². The van der Waals surface area contributed by atoms with Crippen molar-refractivity contribution in [3.05, 3.63) is 76.0 Å². The first-order valence-electron chi connectivity index (χ1n) is 11.0. The number of hydrogen-bond donors (Lipinski definition) is 1. The third-order valence-electron chi connectivity index (χ3n) is 5.85. The molecule has 1 N–H and O–H groups in total. The molecule has 35 heavy (non-hydrogen) atoms. The van der Waals surface area contributed by atoms with E-state index in [-0.39, 0.29) is 16.0 Å². The third kappa shape index (κ3) is 4.67. The molecule has 1 saturated heterocycles. The van der Waals surface area contributed by atoms with Gasteiger partial charge < -0.3 is 15.1 Å². The zero-order valence-corrected chi connectivity index (χ0v) is 20.2. The van der Waals surface area contributed by atoms with Gasteiger partial charge in [0.2, 0.25) is 0 Å². The highest BCUT2D eigenvalue weighted by Crippen LogP contribution is 2.33. The van der Waals surface area contributed by atoms with Crippen molar-refractivity contribution in [3.8, 4) is 11.1 Å². The highest BCUT2D eigenvalue weighted by molar-refractivity contribution is 6.36. The molecular weight excluding hydrogens is 494 g/mol. The van der Waals surface area contributed by atoms with Gasteiger partial charge in [0.15, 0.2) is 6.10 Å². The molecule has 4 aromatic rings. The lowest BCUT2D eigenvalue weighted by atomic mass is 10.1. The molecule has 180 valence electrons. The molecule has 1 aliphatic rings. The standard InChI is InChI=1S/C24H21Cl2FN6O2/c1-14(22-17(25)2-3-18(27)23(22)26)35-33-21-11-16(12-30-20(21)13-31-33)15-4-5-29-19(10-15)24(34)32-8-6-28-7-9-32/h2-5,10-14,28H,6-9H2,1H3. The summed E-state index contributed by atoms with van der Waals surface area (Å²) in [6.07, 6.45) is 4.18. The Hall–Kier alpha value is -3.27. The lowest BCUT2D eigenvalue weighted by Gasteiger charge is -2.27. The lowest BCUT2D eigenvalue weighted by Crippen LogP contribution is -2.46. The van der Waals surface area contributed by atoms with Crippen LogP contribution in [0.3, 0.4) is 0 Å². The number of nitrogens with one attached hydrogen (secondary N) is 1. The summed E-state index contributed by atoms with van der Waals surface area (Å²) in [4.78, 5) is 30.7. The van der Waals surface area contributed by atoms with Crippen LogP contribution in [0.5, 0.6) is 0 Å². The molecule has 1 amide bonds. The van der Waals surface area contributed by atoms with Gasteiger partial charge in [0.1, 0.15) is 22.5 Å². The van der Waals surface area contributed by atoms with Gasteiger partial charge in [-0.05, 0) is 42.8 Å². The SMILES string of the molecule is CC(On1ncc2ncc(-c3ccnc(C(=O)N4CCNCC4)c3)cc21)c1c(Cl)ccc(F)c1Cl. The molecule has 1 fully saturated rings. The summed E-state index contributed by atoms with van der Waals surface area (Å²) in [5.41, 5.74) is 3.43. The maximum atomic E-state index is 14.0. The summed E-state index contributed by atoms with van der Waals surface area (Å²) >= 11 is 12.4. The number of carbonyl (C=O) groups excluding carboxylic acids is 1. The molecule has 3 aromatic heterocycles. The topological polar surface area (TPSA) is 85.2 Å². The molecule has 5 rings (SSSR count). The van der Waals surface area contributed by atoms with Crippen molar-refractivity contribution >= 4 is 40.1 Å². The van der Waals surface area contributed by atoms with Crippen molar-refractivity contribution in [2.75, 3.05) is 26.2 Å². The lowest BCUT2D eigenvalue weighted by molar-refractivity contribution is 0.0327. The highest BCUT2D eigenvalue weighted by Gasteiger charge is 2.21. The minimum atomic E-state index is -0.693. The summed E-state index contributed by atoms with van der Waals surface area (Å²) in [6.45, 7) is 4.52. The molecule has 1 aromatic carbocycles. The first kappa shape index (κ1) is 23.5. The summed E-state index contributed by atoms with van der Waals surface area (Å²) < 4.78 is 14.0. The zero-order valence-electron chi connectivity index (χ0n) is 18.7.